The van der Waals surface area contributed by atoms with Crippen LogP contribution in [-0.4, -0.2) is 45.5 Å². The highest BCUT2D eigenvalue weighted by molar-refractivity contribution is 7.98. The lowest BCUT2D eigenvalue weighted by atomic mass is 10.4. The molecule has 7 heteroatoms. The van der Waals surface area contributed by atoms with Gasteiger partial charge in [0.1, 0.15) is 0 Å². The zero-order valence-electron chi connectivity index (χ0n) is 10.5. The Labute approximate surface area is 117 Å². The Morgan fingerprint density at radius 3 is 2.78 bits per heavy atom. The molecule has 1 amide bonds. The Morgan fingerprint density at radius 1 is 1.39 bits per heavy atom. The van der Waals surface area contributed by atoms with Crippen molar-refractivity contribution in [2.45, 2.75) is 5.09 Å². The fourth-order valence-corrected chi connectivity index (χ4v) is 1.58. The predicted octanol–water partition coefficient (Wildman–Crippen LogP) is 1.39. The van der Waals surface area contributed by atoms with Crippen LogP contribution in [0.25, 0.3) is 0 Å². The zero-order valence-corrected chi connectivity index (χ0v) is 12.2. The highest BCUT2D eigenvalue weighted by Crippen LogP contribution is 2.17. The first-order valence-corrected chi connectivity index (χ1v) is 6.62. The molecular weight excluding hydrogens is 276 g/mol. The molecule has 2 N–H and O–H groups in total. The molecule has 0 aliphatic rings. The van der Waals surface area contributed by atoms with E-state index < -0.39 is 0 Å². The van der Waals surface area contributed by atoms with Crippen LogP contribution in [0.3, 0.4) is 0 Å². The molecule has 18 heavy (non-hydrogen) atoms. The average molecular weight is 295 g/mol. The molecule has 0 aliphatic heterocycles. The molecule has 0 spiro atoms. The van der Waals surface area contributed by atoms with Crippen LogP contribution in [0.2, 0.25) is 0 Å². The van der Waals surface area contributed by atoms with Crippen LogP contribution in [-0.2, 0) is 4.74 Å². The topological polar surface area (TPSA) is 63.5 Å². The second-order valence-electron chi connectivity index (χ2n) is 3.32. The second kappa shape index (κ2) is 10.3. The van der Waals surface area contributed by atoms with Gasteiger partial charge < -0.3 is 19.8 Å². The Bertz CT molecular complexity index is 347. The van der Waals surface area contributed by atoms with Gasteiger partial charge in [-0.15, -0.1) is 12.4 Å². The minimum atomic E-state index is -0.182. The Hall–Kier alpha value is -0.690. The van der Waals surface area contributed by atoms with Crippen molar-refractivity contribution in [3.63, 3.8) is 0 Å². The van der Waals surface area contributed by atoms with Gasteiger partial charge >= 0.3 is 0 Å². The van der Waals surface area contributed by atoms with E-state index in [-0.39, 0.29) is 18.3 Å². The number of rotatable bonds is 8. The molecule has 0 fully saturated rings. The van der Waals surface area contributed by atoms with Crippen LogP contribution in [0.5, 0.6) is 0 Å². The normalized spacial score (nSPS) is 9.89. The van der Waals surface area contributed by atoms with Crippen molar-refractivity contribution >= 4 is 30.1 Å². The van der Waals surface area contributed by atoms with E-state index in [9.17, 15) is 4.79 Å². The van der Waals surface area contributed by atoms with Crippen LogP contribution in [0.1, 0.15) is 10.6 Å². The van der Waals surface area contributed by atoms with Crippen molar-refractivity contribution in [2.75, 3.05) is 39.6 Å². The van der Waals surface area contributed by atoms with E-state index in [4.69, 9.17) is 9.15 Å². The maximum atomic E-state index is 11.6. The molecule has 1 aromatic heterocycles. The Kier molecular flexibility index (Phi) is 9.86. The maximum Gasteiger partial charge on any atom is 0.287 e. The molecule has 5 nitrogen and oxygen atoms in total. The molecule has 1 rings (SSSR count). The number of carbonyl (C=O) groups excluding carboxylic acids is 1. The number of ether oxygens (including phenoxy) is 1. The molecule has 0 unspecified atom stereocenters. The number of hydrogen-bond donors (Lipinski definition) is 2. The summed E-state index contributed by atoms with van der Waals surface area (Å²) < 4.78 is 10.2. The quantitative estimate of drug-likeness (QED) is 0.560. The van der Waals surface area contributed by atoms with Crippen LogP contribution < -0.4 is 10.6 Å². The van der Waals surface area contributed by atoms with Crippen LogP contribution in [0.4, 0.5) is 0 Å². The Morgan fingerprint density at radius 2 is 2.17 bits per heavy atom. The summed E-state index contributed by atoms with van der Waals surface area (Å²) in [5, 5.41) is 6.65. The van der Waals surface area contributed by atoms with Gasteiger partial charge in [-0.25, -0.2) is 0 Å². The standard InChI is InChI=1S/C11H18N2O3S.ClH/c1-15-8-7-12-5-6-13-11(14)9-3-4-10(16-9)17-2;/h3-4,12H,5-8H2,1-2H3,(H,13,14);1H. The summed E-state index contributed by atoms with van der Waals surface area (Å²) in [6.45, 7) is 2.73. The van der Waals surface area contributed by atoms with E-state index >= 15 is 0 Å². The molecule has 0 radical (unpaired) electrons. The van der Waals surface area contributed by atoms with Crippen molar-refractivity contribution in [2.24, 2.45) is 0 Å². The molecule has 0 aliphatic carbocycles. The van der Waals surface area contributed by atoms with Gasteiger partial charge in [0.05, 0.1) is 6.61 Å². The summed E-state index contributed by atoms with van der Waals surface area (Å²) in [4.78, 5) is 11.6. The van der Waals surface area contributed by atoms with E-state index in [1.54, 1.807) is 19.2 Å². The molecule has 0 saturated heterocycles. The van der Waals surface area contributed by atoms with Crippen LogP contribution >= 0.6 is 24.2 Å². The first kappa shape index (κ1) is 17.3. The third-order valence-electron chi connectivity index (χ3n) is 2.08. The predicted molar refractivity (Wildman–Crippen MR) is 74.8 cm³/mol. The van der Waals surface area contributed by atoms with E-state index in [2.05, 4.69) is 10.6 Å². The fraction of sp³-hybridized carbons (Fsp3) is 0.545. The molecule has 1 aromatic rings. The number of furan rings is 1. The van der Waals surface area contributed by atoms with Crippen LogP contribution in [0, 0.1) is 0 Å². The fourth-order valence-electron chi connectivity index (χ4n) is 1.20. The monoisotopic (exact) mass is 294 g/mol. The molecule has 1 heterocycles. The summed E-state index contributed by atoms with van der Waals surface area (Å²) in [5.41, 5.74) is 0. The number of nitrogens with one attached hydrogen (secondary N) is 2. The van der Waals surface area contributed by atoms with E-state index in [0.717, 1.165) is 11.6 Å². The summed E-state index contributed by atoms with van der Waals surface area (Å²) >= 11 is 1.47. The van der Waals surface area contributed by atoms with E-state index in [0.29, 0.717) is 25.5 Å². The number of methoxy groups -OCH3 is 1. The molecule has 0 saturated carbocycles. The summed E-state index contributed by atoms with van der Waals surface area (Å²) in [6.07, 6.45) is 1.90. The van der Waals surface area contributed by atoms with Gasteiger partial charge in [-0.2, -0.15) is 0 Å². The van der Waals surface area contributed by atoms with Crippen molar-refractivity contribution in [1.29, 1.82) is 0 Å². The number of carbonyl (C=O) groups is 1. The van der Waals surface area contributed by atoms with Crippen molar-refractivity contribution in [3.8, 4) is 0 Å². The zero-order chi connectivity index (χ0) is 12.5. The first-order chi connectivity index (χ1) is 8.27. The summed E-state index contributed by atoms with van der Waals surface area (Å²) in [6, 6.07) is 3.47. The van der Waals surface area contributed by atoms with Gasteiger partial charge in [-0.3, -0.25) is 4.79 Å². The van der Waals surface area contributed by atoms with Crippen molar-refractivity contribution < 1.29 is 13.9 Å². The van der Waals surface area contributed by atoms with Crippen LogP contribution in [0.15, 0.2) is 21.6 Å². The number of halogens is 1. The van der Waals surface area contributed by atoms with Gasteiger partial charge in [0.15, 0.2) is 10.9 Å². The number of hydrogen-bond acceptors (Lipinski definition) is 5. The molecule has 0 atom stereocenters. The number of thioether (sulfide) groups is 1. The first-order valence-electron chi connectivity index (χ1n) is 5.39. The van der Waals surface area contributed by atoms with E-state index in [1.807, 2.05) is 6.26 Å². The highest BCUT2D eigenvalue weighted by atomic mass is 35.5. The maximum absolute atomic E-state index is 11.6. The smallest absolute Gasteiger partial charge is 0.287 e. The highest BCUT2D eigenvalue weighted by Gasteiger charge is 2.09. The molecule has 0 aromatic carbocycles. The SMILES string of the molecule is COCCNCCNC(=O)c1ccc(SC)o1.Cl. The van der Waals surface area contributed by atoms with Gasteiger partial charge in [0, 0.05) is 26.7 Å². The molecular formula is C11H19ClN2O3S. The van der Waals surface area contributed by atoms with E-state index in [1.165, 1.54) is 11.8 Å². The number of amides is 1. The van der Waals surface area contributed by atoms with Crippen molar-refractivity contribution in [3.05, 3.63) is 17.9 Å². The lowest BCUT2D eigenvalue weighted by Crippen LogP contribution is -2.32. The average Bonchev–Trinajstić information content (AvgIpc) is 2.82. The summed E-state index contributed by atoms with van der Waals surface area (Å²) in [7, 11) is 1.66. The second-order valence-corrected chi connectivity index (χ2v) is 4.13. The Balaban J connectivity index is 0.00000289. The largest absolute Gasteiger partial charge is 0.445 e. The van der Waals surface area contributed by atoms with Gasteiger partial charge in [0.25, 0.3) is 5.91 Å². The lowest BCUT2D eigenvalue weighted by Gasteiger charge is -2.04. The molecule has 0 bridgehead atoms. The molecule has 104 valence electrons. The third kappa shape index (κ3) is 6.30. The third-order valence-corrected chi connectivity index (χ3v) is 2.70. The van der Waals surface area contributed by atoms with Gasteiger partial charge in [-0.05, 0) is 18.4 Å². The lowest BCUT2D eigenvalue weighted by molar-refractivity contribution is 0.0921. The summed E-state index contributed by atoms with van der Waals surface area (Å²) in [5.74, 6) is 0.171. The van der Waals surface area contributed by atoms with Crippen molar-refractivity contribution in [1.82, 2.24) is 10.6 Å². The van der Waals surface area contributed by atoms with Gasteiger partial charge in [0.2, 0.25) is 0 Å². The van der Waals surface area contributed by atoms with Gasteiger partial charge in [-0.1, -0.05) is 11.8 Å². The minimum absolute atomic E-state index is 0. The minimum Gasteiger partial charge on any atom is -0.445 e.